The van der Waals surface area contributed by atoms with Crippen molar-refractivity contribution in [2.75, 3.05) is 19.7 Å². The predicted molar refractivity (Wildman–Crippen MR) is 112 cm³/mol. The number of rotatable bonds is 8. The molecule has 3 rings (SSSR count). The van der Waals surface area contributed by atoms with E-state index in [4.69, 9.17) is 32.5 Å². The maximum absolute atomic E-state index is 12.1. The molecule has 0 aliphatic heterocycles. The zero-order chi connectivity index (χ0) is 21.5. The Kier molecular flexibility index (Phi) is 7.26. The van der Waals surface area contributed by atoms with E-state index in [9.17, 15) is 9.59 Å². The molecule has 1 heterocycles. The first-order valence-corrected chi connectivity index (χ1v) is 9.71. The standard InChI is InChI=1S/C20H18Cl2N4O4/c1-12-3-2-4-13(9-12)18-25-20(30-26-18)19(28)24-8-7-23-17(27)11-29-16-6-5-14(21)10-15(16)22/h2-6,9-10H,7-8,11H2,1H3,(H,23,27)(H,24,28). The molecule has 3 aromatic rings. The predicted octanol–water partition coefficient (Wildman–Crippen LogP) is 3.28. The van der Waals surface area contributed by atoms with Crippen LogP contribution in [0, 0.1) is 6.92 Å². The number of benzene rings is 2. The maximum atomic E-state index is 12.1. The largest absolute Gasteiger partial charge is 0.482 e. The van der Waals surface area contributed by atoms with Gasteiger partial charge in [0.2, 0.25) is 5.82 Å². The van der Waals surface area contributed by atoms with E-state index in [1.165, 1.54) is 6.07 Å². The first-order chi connectivity index (χ1) is 14.4. The van der Waals surface area contributed by atoms with Gasteiger partial charge in [0.1, 0.15) is 5.75 Å². The van der Waals surface area contributed by atoms with Crippen LogP contribution >= 0.6 is 23.2 Å². The Morgan fingerprint density at radius 1 is 1.10 bits per heavy atom. The van der Waals surface area contributed by atoms with Crippen LogP contribution in [0.2, 0.25) is 10.0 Å². The number of ether oxygens (including phenoxy) is 1. The summed E-state index contributed by atoms with van der Waals surface area (Å²) >= 11 is 11.8. The van der Waals surface area contributed by atoms with Gasteiger partial charge in [-0.1, -0.05) is 52.1 Å². The summed E-state index contributed by atoms with van der Waals surface area (Å²) in [7, 11) is 0. The van der Waals surface area contributed by atoms with Crippen LogP contribution in [0.5, 0.6) is 5.75 Å². The molecule has 10 heteroatoms. The Hall–Kier alpha value is -3.10. The van der Waals surface area contributed by atoms with Crippen molar-refractivity contribution in [1.82, 2.24) is 20.8 Å². The fourth-order valence-corrected chi connectivity index (χ4v) is 2.92. The number of hydrogen-bond donors (Lipinski definition) is 2. The normalized spacial score (nSPS) is 10.5. The fourth-order valence-electron chi connectivity index (χ4n) is 2.46. The molecule has 2 N–H and O–H groups in total. The van der Waals surface area contributed by atoms with Crippen LogP contribution in [0.1, 0.15) is 16.2 Å². The summed E-state index contributed by atoms with van der Waals surface area (Å²) in [5.41, 5.74) is 1.80. The minimum absolute atomic E-state index is 0.154. The van der Waals surface area contributed by atoms with Crippen molar-refractivity contribution in [3.05, 3.63) is 64.0 Å². The van der Waals surface area contributed by atoms with E-state index in [0.29, 0.717) is 21.6 Å². The molecule has 0 atom stereocenters. The smallest absolute Gasteiger partial charge is 0.316 e. The third-order valence-corrected chi connectivity index (χ3v) is 4.41. The van der Waals surface area contributed by atoms with Crippen LogP contribution in [0.15, 0.2) is 47.0 Å². The Labute approximate surface area is 182 Å². The van der Waals surface area contributed by atoms with E-state index in [1.807, 2.05) is 31.2 Å². The van der Waals surface area contributed by atoms with Crippen molar-refractivity contribution in [1.29, 1.82) is 0 Å². The Bertz CT molecular complexity index is 1050. The summed E-state index contributed by atoms with van der Waals surface area (Å²) in [4.78, 5) is 28.0. The highest BCUT2D eigenvalue weighted by atomic mass is 35.5. The third-order valence-electron chi connectivity index (χ3n) is 3.88. The molecule has 0 bridgehead atoms. The van der Waals surface area contributed by atoms with E-state index >= 15 is 0 Å². The van der Waals surface area contributed by atoms with Gasteiger partial charge in [-0.2, -0.15) is 4.98 Å². The van der Waals surface area contributed by atoms with Gasteiger partial charge in [0, 0.05) is 23.7 Å². The van der Waals surface area contributed by atoms with Gasteiger partial charge in [0.25, 0.3) is 5.91 Å². The molecule has 8 nitrogen and oxygen atoms in total. The monoisotopic (exact) mass is 448 g/mol. The van der Waals surface area contributed by atoms with Crippen LogP contribution in [0.4, 0.5) is 0 Å². The first-order valence-electron chi connectivity index (χ1n) is 8.96. The minimum atomic E-state index is -0.528. The van der Waals surface area contributed by atoms with Gasteiger partial charge in [-0.15, -0.1) is 0 Å². The van der Waals surface area contributed by atoms with Crippen molar-refractivity contribution >= 4 is 35.0 Å². The van der Waals surface area contributed by atoms with Crippen molar-refractivity contribution in [3.8, 4) is 17.1 Å². The number of nitrogens with one attached hydrogen (secondary N) is 2. The molecule has 0 radical (unpaired) electrons. The second kappa shape index (κ2) is 10.1. The summed E-state index contributed by atoms with van der Waals surface area (Å²) in [6.07, 6.45) is 0. The van der Waals surface area contributed by atoms with Crippen molar-refractivity contribution < 1.29 is 18.8 Å². The molecule has 0 saturated carbocycles. The van der Waals surface area contributed by atoms with E-state index in [0.717, 1.165) is 11.1 Å². The zero-order valence-corrected chi connectivity index (χ0v) is 17.5. The molecule has 1 aromatic heterocycles. The molecule has 0 spiro atoms. The minimum Gasteiger partial charge on any atom is -0.482 e. The van der Waals surface area contributed by atoms with Gasteiger partial charge in [-0.25, -0.2) is 0 Å². The number of carbonyl (C=O) groups excluding carboxylic acids is 2. The van der Waals surface area contributed by atoms with Crippen molar-refractivity contribution in [3.63, 3.8) is 0 Å². The van der Waals surface area contributed by atoms with E-state index in [-0.39, 0.29) is 31.5 Å². The molecular weight excluding hydrogens is 431 g/mol. The second-order valence-corrected chi connectivity index (χ2v) is 7.11. The molecule has 0 aliphatic carbocycles. The topological polar surface area (TPSA) is 106 Å². The lowest BCUT2D eigenvalue weighted by Gasteiger charge is -2.09. The molecule has 0 aliphatic rings. The van der Waals surface area contributed by atoms with Gasteiger partial charge in [0.05, 0.1) is 5.02 Å². The van der Waals surface area contributed by atoms with Gasteiger partial charge in [-0.3, -0.25) is 9.59 Å². The van der Waals surface area contributed by atoms with Crippen molar-refractivity contribution in [2.24, 2.45) is 0 Å². The molecular formula is C20H18Cl2N4O4. The molecule has 30 heavy (non-hydrogen) atoms. The highest BCUT2D eigenvalue weighted by Gasteiger charge is 2.16. The van der Waals surface area contributed by atoms with Gasteiger partial charge in [0.15, 0.2) is 6.61 Å². The second-order valence-electron chi connectivity index (χ2n) is 6.26. The molecule has 2 aromatic carbocycles. The summed E-state index contributed by atoms with van der Waals surface area (Å²) in [6, 6.07) is 12.2. The average Bonchev–Trinajstić information content (AvgIpc) is 3.21. The third kappa shape index (κ3) is 5.95. The number of hydrogen-bond acceptors (Lipinski definition) is 6. The zero-order valence-electron chi connectivity index (χ0n) is 15.9. The highest BCUT2D eigenvalue weighted by molar-refractivity contribution is 6.35. The van der Waals surface area contributed by atoms with E-state index in [1.54, 1.807) is 12.1 Å². The molecule has 0 unspecified atom stereocenters. The van der Waals surface area contributed by atoms with Crippen LogP contribution in [0.25, 0.3) is 11.4 Å². The SMILES string of the molecule is Cc1cccc(-c2noc(C(=O)NCCNC(=O)COc3ccc(Cl)cc3Cl)n2)c1. The molecule has 156 valence electrons. The van der Waals surface area contributed by atoms with Crippen molar-refractivity contribution in [2.45, 2.75) is 6.92 Å². The summed E-state index contributed by atoms with van der Waals surface area (Å²) in [5.74, 6) is -0.367. The molecule has 2 amide bonds. The summed E-state index contributed by atoms with van der Waals surface area (Å²) in [6.45, 7) is 2.09. The summed E-state index contributed by atoms with van der Waals surface area (Å²) < 4.78 is 10.3. The number of halogens is 2. The number of aryl methyl sites for hydroxylation is 1. The lowest BCUT2D eigenvalue weighted by atomic mass is 10.1. The molecule has 0 fully saturated rings. The van der Waals surface area contributed by atoms with Crippen LogP contribution < -0.4 is 15.4 Å². The lowest BCUT2D eigenvalue weighted by Crippen LogP contribution is -2.36. The summed E-state index contributed by atoms with van der Waals surface area (Å²) in [5, 5.41) is 9.81. The van der Waals surface area contributed by atoms with Crippen LogP contribution in [-0.4, -0.2) is 41.7 Å². The Morgan fingerprint density at radius 2 is 1.90 bits per heavy atom. The Morgan fingerprint density at radius 3 is 2.67 bits per heavy atom. The lowest BCUT2D eigenvalue weighted by molar-refractivity contribution is -0.123. The van der Waals surface area contributed by atoms with Crippen LogP contribution in [-0.2, 0) is 4.79 Å². The first kappa shape index (κ1) is 21.6. The molecule has 0 saturated heterocycles. The van der Waals surface area contributed by atoms with Gasteiger partial charge >= 0.3 is 11.8 Å². The number of nitrogens with zero attached hydrogens (tertiary/aromatic N) is 2. The van der Waals surface area contributed by atoms with Gasteiger partial charge < -0.3 is 19.9 Å². The van der Waals surface area contributed by atoms with Gasteiger partial charge in [-0.05, 0) is 31.2 Å². The highest BCUT2D eigenvalue weighted by Crippen LogP contribution is 2.27. The number of amides is 2. The van der Waals surface area contributed by atoms with E-state index in [2.05, 4.69) is 20.8 Å². The number of aromatic nitrogens is 2. The quantitative estimate of drug-likeness (QED) is 0.512. The number of carbonyl (C=O) groups is 2. The van der Waals surface area contributed by atoms with E-state index < -0.39 is 5.91 Å². The maximum Gasteiger partial charge on any atom is 0.316 e. The van der Waals surface area contributed by atoms with Crippen LogP contribution in [0.3, 0.4) is 0 Å². The average molecular weight is 449 g/mol. The fraction of sp³-hybridized carbons (Fsp3) is 0.200. The Balaban J connectivity index is 1.40.